The van der Waals surface area contributed by atoms with Crippen molar-refractivity contribution >= 4 is 35.1 Å². The molecule has 0 aliphatic heterocycles. The van der Waals surface area contributed by atoms with Gasteiger partial charge in [-0.3, -0.25) is 9.59 Å². The summed E-state index contributed by atoms with van der Waals surface area (Å²) in [6.45, 7) is 1.94. The predicted molar refractivity (Wildman–Crippen MR) is 86.4 cm³/mol. The standard InChI is InChI=1S/C15H15N3O3S/c1-10-7-8-22-13(10)9-16-18-15(20)14(19)17-11-5-3-4-6-12(11)21-2/h3-9H,1-2H3,(H,17,19)(H,18,20)/b16-9-. The summed E-state index contributed by atoms with van der Waals surface area (Å²) in [5, 5.41) is 8.17. The van der Waals surface area contributed by atoms with Crippen molar-refractivity contribution in [1.29, 1.82) is 0 Å². The van der Waals surface area contributed by atoms with E-state index in [0.717, 1.165) is 10.4 Å². The van der Waals surface area contributed by atoms with E-state index < -0.39 is 11.8 Å². The van der Waals surface area contributed by atoms with Gasteiger partial charge in [-0.2, -0.15) is 5.10 Å². The molecule has 0 saturated heterocycles. The number of hydrogen-bond acceptors (Lipinski definition) is 5. The Labute approximate surface area is 131 Å². The van der Waals surface area contributed by atoms with E-state index >= 15 is 0 Å². The molecular weight excluding hydrogens is 302 g/mol. The lowest BCUT2D eigenvalue weighted by molar-refractivity contribution is -0.136. The van der Waals surface area contributed by atoms with Gasteiger partial charge in [0.2, 0.25) is 0 Å². The molecule has 0 spiro atoms. The highest BCUT2D eigenvalue weighted by atomic mass is 32.1. The van der Waals surface area contributed by atoms with Gasteiger partial charge in [-0.05, 0) is 36.1 Å². The van der Waals surface area contributed by atoms with Crippen LogP contribution >= 0.6 is 11.3 Å². The smallest absolute Gasteiger partial charge is 0.329 e. The molecule has 0 atom stereocenters. The molecule has 2 amide bonds. The maximum Gasteiger partial charge on any atom is 0.329 e. The van der Waals surface area contributed by atoms with Crippen LogP contribution in [0, 0.1) is 6.92 Å². The van der Waals surface area contributed by atoms with Crippen LogP contribution in [0.4, 0.5) is 5.69 Å². The molecule has 1 heterocycles. The summed E-state index contributed by atoms with van der Waals surface area (Å²) in [5.74, 6) is -1.19. The molecule has 2 aromatic rings. The van der Waals surface area contributed by atoms with Gasteiger partial charge in [0.15, 0.2) is 0 Å². The van der Waals surface area contributed by atoms with Gasteiger partial charge in [0.1, 0.15) is 5.75 Å². The number of amides is 2. The zero-order valence-corrected chi connectivity index (χ0v) is 12.9. The molecule has 2 rings (SSSR count). The van der Waals surface area contributed by atoms with Gasteiger partial charge in [-0.25, -0.2) is 5.43 Å². The summed E-state index contributed by atoms with van der Waals surface area (Å²) in [4.78, 5) is 24.4. The highest BCUT2D eigenvalue weighted by Gasteiger charge is 2.14. The van der Waals surface area contributed by atoms with Crippen LogP contribution in [-0.2, 0) is 9.59 Å². The molecule has 0 aliphatic rings. The van der Waals surface area contributed by atoms with Crippen LogP contribution in [0.15, 0.2) is 40.8 Å². The molecular formula is C15H15N3O3S. The Morgan fingerprint density at radius 3 is 2.68 bits per heavy atom. The first-order valence-corrected chi connectivity index (χ1v) is 7.31. The summed E-state index contributed by atoms with van der Waals surface area (Å²) >= 11 is 1.50. The predicted octanol–water partition coefficient (Wildman–Crippen LogP) is 2.15. The van der Waals surface area contributed by atoms with Crippen LogP contribution in [0.2, 0.25) is 0 Å². The van der Waals surface area contributed by atoms with E-state index in [1.54, 1.807) is 24.3 Å². The number of anilines is 1. The number of hydrogen-bond donors (Lipinski definition) is 2. The third-order valence-electron chi connectivity index (χ3n) is 2.81. The van der Waals surface area contributed by atoms with Gasteiger partial charge >= 0.3 is 11.8 Å². The molecule has 0 bridgehead atoms. The number of carbonyl (C=O) groups is 2. The van der Waals surface area contributed by atoms with E-state index in [2.05, 4.69) is 15.8 Å². The molecule has 0 radical (unpaired) electrons. The van der Waals surface area contributed by atoms with E-state index in [9.17, 15) is 9.59 Å². The van der Waals surface area contributed by atoms with Crippen molar-refractivity contribution < 1.29 is 14.3 Å². The Bertz CT molecular complexity index is 710. The van der Waals surface area contributed by atoms with Crippen molar-refractivity contribution in [2.75, 3.05) is 12.4 Å². The molecule has 1 aromatic carbocycles. The fraction of sp³-hybridized carbons (Fsp3) is 0.133. The number of benzene rings is 1. The Morgan fingerprint density at radius 1 is 1.23 bits per heavy atom. The second-order valence-corrected chi connectivity index (χ2v) is 5.27. The van der Waals surface area contributed by atoms with Gasteiger partial charge in [0.05, 0.1) is 19.0 Å². The minimum atomic E-state index is -0.851. The topological polar surface area (TPSA) is 79.8 Å². The molecule has 6 nitrogen and oxygen atoms in total. The number of nitrogens with zero attached hydrogens (tertiary/aromatic N) is 1. The molecule has 0 saturated carbocycles. The number of para-hydroxylation sites is 2. The number of aryl methyl sites for hydroxylation is 1. The summed E-state index contributed by atoms with van der Waals surface area (Å²) in [7, 11) is 1.48. The normalized spacial score (nSPS) is 10.5. The van der Waals surface area contributed by atoms with Crippen molar-refractivity contribution in [3.63, 3.8) is 0 Å². The third kappa shape index (κ3) is 3.92. The first-order valence-electron chi connectivity index (χ1n) is 6.43. The molecule has 114 valence electrons. The van der Waals surface area contributed by atoms with Crippen LogP contribution < -0.4 is 15.5 Å². The van der Waals surface area contributed by atoms with Gasteiger partial charge in [-0.15, -0.1) is 11.3 Å². The van der Waals surface area contributed by atoms with Crippen molar-refractivity contribution in [3.05, 3.63) is 46.2 Å². The minimum absolute atomic E-state index is 0.420. The Morgan fingerprint density at radius 2 is 2.00 bits per heavy atom. The van der Waals surface area contributed by atoms with Crippen LogP contribution in [0.1, 0.15) is 10.4 Å². The quantitative estimate of drug-likeness (QED) is 0.515. The van der Waals surface area contributed by atoms with Crippen LogP contribution in [0.25, 0.3) is 0 Å². The SMILES string of the molecule is COc1ccccc1NC(=O)C(=O)N/N=C\c1sccc1C. The van der Waals surface area contributed by atoms with Crippen LogP contribution in [0.3, 0.4) is 0 Å². The number of rotatable bonds is 4. The molecule has 22 heavy (non-hydrogen) atoms. The summed E-state index contributed by atoms with van der Waals surface area (Å²) in [5.41, 5.74) is 3.67. The number of nitrogens with one attached hydrogen (secondary N) is 2. The highest BCUT2D eigenvalue weighted by Crippen LogP contribution is 2.22. The zero-order chi connectivity index (χ0) is 15.9. The van der Waals surface area contributed by atoms with Crippen molar-refractivity contribution in [2.45, 2.75) is 6.92 Å². The molecule has 0 aliphatic carbocycles. The monoisotopic (exact) mass is 317 g/mol. The molecule has 1 aromatic heterocycles. The fourth-order valence-corrected chi connectivity index (χ4v) is 2.43. The largest absolute Gasteiger partial charge is 0.495 e. The second-order valence-electron chi connectivity index (χ2n) is 4.32. The molecule has 7 heteroatoms. The third-order valence-corrected chi connectivity index (χ3v) is 3.76. The molecule has 0 unspecified atom stereocenters. The number of thiophene rings is 1. The lowest BCUT2D eigenvalue weighted by Crippen LogP contribution is -2.32. The summed E-state index contributed by atoms with van der Waals surface area (Å²) < 4.78 is 5.09. The van der Waals surface area contributed by atoms with Gasteiger partial charge in [-0.1, -0.05) is 12.1 Å². The number of methoxy groups -OCH3 is 1. The van der Waals surface area contributed by atoms with Crippen molar-refractivity contribution in [1.82, 2.24) is 5.43 Å². The number of ether oxygens (including phenoxy) is 1. The summed E-state index contributed by atoms with van der Waals surface area (Å²) in [6.07, 6.45) is 1.51. The molecule has 2 N–H and O–H groups in total. The lowest BCUT2D eigenvalue weighted by Gasteiger charge is -2.08. The highest BCUT2D eigenvalue weighted by molar-refractivity contribution is 7.11. The van der Waals surface area contributed by atoms with Crippen molar-refractivity contribution in [3.8, 4) is 5.75 Å². The molecule has 0 fully saturated rings. The van der Waals surface area contributed by atoms with E-state index in [-0.39, 0.29) is 0 Å². The van der Waals surface area contributed by atoms with E-state index in [0.29, 0.717) is 11.4 Å². The Hall–Kier alpha value is -2.67. The van der Waals surface area contributed by atoms with E-state index in [1.807, 2.05) is 18.4 Å². The first-order chi connectivity index (χ1) is 10.6. The first kappa shape index (κ1) is 15.7. The van der Waals surface area contributed by atoms with Crippen LogP contribution in [-0.4, -0.2) is 25.1 Å². The lowest BCUT2D eigenvalue weighted by atomic mass is 10.3. The zero-order valence-electron chi connectivity index (χ0n) is 12.1. The van der Waals surface area contributed by atoms with E-state index in [1.165, 1.54) is 24.7 Å². The number of hydrazone groups is 1. The fourth-order valence-electron chi connectivity index (χ4n) is 1.64. The average molecular weight is 317 g/mol. The van der Waals surface area contributed by atoms with Crippen LogP contribution in [0.5, 0.6) is 5.75 Å². The average Bonchev–Trinajstić information content (AvgIpc) is 2.93. The van der Waals surface area contributed by atoms with E-state index in [4.69, 9.17) is 4.74 Å². The second kappa shape index (κ2) is 7.37. The Kier molecular flexibility index (Phi) is 5.26. The van der Waals surface area contributed by atoms with Gasteiger partial charge in [0, 0.05) is 4.88 Å². The maximum atomic E-state index is 11.8. The Balaban J connectivity index is 1.94. The van der Waals surface area contributed by atoms with Gasteiger partial charge < -0.3 is 10.1 Å². The maximum absolute atomic E-state index is 11.8. The summed E-state index contributed by atoms with van der Waals surface area (Å²) in [6, 6.07) is 8.77. The van der Waals surface area contributed by atoms with Crippen molar-refractivity contribution in [2.24, 2.45) is 5.10 Å². The van der Waals surface area contributed by atoms with Gasteiger partial charge in [0.25, 0.3) is 0 Å². The number of carbonyl (C=O) groups excluding carboxylic acids is 2. The minimum Gasteiger partial charge on any atom is -0.495 e.